The summed E-state index contributed by atoms with van der Waals surface area (Å²) in [6.07, 6.45) is 8.47. The fourth-order valence-electron chi connectivity index (χ4n) is 1.70. The minimum Gasteiger partial charge on any atom is -0.508 e. The molecule has 25 heavy (non-hydrogen) atoms. The zero-order chi connectivity index (χ0) is 17.9. The summed E-state index contributed by atoms with van der Waals surface area (Å²) in [7, 11) is 0. The van der Waals surface area contributed by atoms with E-state index in [1.807, 2.05) is 0 Å². The fourth-order valence-corrected chi connectivity index (χ4v) is 1.70. The molecule has 1 aliphatic rings. The molecule has 0 amide bonds. The Balaban J connectivity index is 0.000000339. The van der Waals surface area contributed by atoms with Gasteiger partial charge in [0, 0.05) is 26.2 Å². The topological polar surface area (TPSA) is 40.5 Å². The molecule has 2 nitrogen and oxygen atoms in total. The smallest absolute Gasteiger partial charge is 0.123 e. The monoisotopic (exact) mass is 421 g/mol. The first-order valence-corrected chi connectivity index (χ1v) is 7.54. The number of aromatic hydroxyl groups is 2. The van der Waals surface area contributed by atoms with E-state index in [-0.39, 0.29) is 49.3 Å². The maximum Gasteiger partial charge on any atom is 0.123 e. The SMILES string of the molecule is CC(C)C1=CC[C-]=C1.Oc1ccc(F)cc1.Oc1ccc(F)cc1.[Zr]. The average Bonchev–Trinajstić information content (AvgIpc) is 3.09. The summed E-state index contributed by atoms with van der Waals surface area (Å²) in [5, 5.41) is 17.2. The van der Waals surface area contributed by atoms with E-state index in [9.17, 15) is 8.78 Å². The molecule has 0 unspecified atom stereocenters. The van der Waals surface area contributed by atoms with Crippen LogP contribution in [0.4, 0.5) is 8.78 Å². The van der Waals surface area contributed by atoms with Gasteiger partial charge < -0.3 is 10.2 Å². The molecule has 0 saturated heterocycles. The molecule has 5 heteroatoms. The Morgan fingerprint density at radius 3 is 1.44 bits per heavy atom. The third-order valence-electron chi connectivity index (χ3n) is 3.04. The third-order valence-corrected chi connectivity index (χ3v) is 3.04. The number of halogens is 2. The number of benzene rings is 2. The normalized spacial score (nSPS) is 11.5. The molecule has 3 rings (SSSR count). The van der Waals surface area contributed by atoms with Gasteiger partial charge in [-0.25, -0.2) is 14.9 Å². The van der Waals surface area contributed by atoms with E-state index in [1.165, 1.54) is 54.1 Å². The Morgan fingerprint density at radius 2 is 1.24 bits per heavy atom. The van der Waals surface area contributed by atoms with Crippen LogP contribution in [0.1, 0.15) is 20.3 Å². The summed E-state index contributed by atoms with van der Waals surface area (Å²) in [5.41, 5.74) is 1.44. The summed E-state index contributed by atoms with van der Waals surface area (Å²) >= 11 is 0. The van der Waals surface area contributed by atoms with E-state index in [4.69, 9.17) is 10.2 Å². The molecule has 2 N–H and O–H groups in total. The van der Waals surface area contributed by atoms with E-state index < -0.39 is 0 Å². The minimum atomic E-state index is -0.331. The number of allylic oxidation sites excluding steroid dienone is 4. The van der Waals surface area contributed by atoms with Crippen molar-refractivity contribution in [2.45, 2.75) is 20.3 Å². The van der Waals surface area contributed by atoms with Crippen molar-refractivity contribution in [3.05, 3.63) is 84.0 Å². The van der Waals surface area contributed by atoms with Gasteiger partial charge in [0.1, 0.15) is 23.1 Å². The van der Waals surface area contributed by atoms with Crippen LogP contribution in [-0.4, -0.2) is 10.2 Å². The molecular formula is C20H21F2O2Zr-. The number of rotatable bonds is 1. The van der Waals surface area contributed by atoms with E-state index in [2.05, 4.69) is 32.1 Å². The van der Waals surface area contributed by atoms with Gasteiger partial charge in [-0.1, -0.05) is 19.8 Å². The first kappa shape index (κ1) is 23.3. The van der Waals surface area contributed by atoms with Crippen molar-refractivity contribution in [1.29, 1.82) is 0 Å². The second-order valence-electron chi connectivity index (χ2n) is 5.36. The first-order chi connectivity index (χ1) is 11.4. The predicted octanol–water partition coefficient (Wildman–Crippen LogP) is 5.39. The quantitative estimate of drug-likeness (QED) is 0.605. The molecule has 0 bridgehead atoms. The average molecular weight is 423 g/mol. The van der Waals surface area contributed by atoms with Crippen LogP contribution in [-0.2, 0) is 26.2 Å². The van der Waals surface area contributed by atoms with Crippen molar-refractivity contribution in [2.75, 3.05) is 0 Å². The fraction of sp³-hybridized carbons (Fsp3) is 0.200. The Labute approximate surface area is 166 Å². The molecule has 1 aliphatic carbocycles. The van der Waals surface area contributed by atoms with Gasteiger partial charge in [0.2, 0.25) is 0 Å². The van der Waals surface area contributed by atoms with Crippen molar-refractivity contribution >= 4 is 0 Å². The van der Waals surface area contributed by atoms with Crippen molar-refractivity contribution in [1.82, 2.24) is 0 Å². The third kappa shape index (κ3) is 10.7. The van der Waals surface area contributed by atoms with Crippen LogP contribution < -0.4 is 0 Å². The van der Waals surface area contributed by atoms with Crippen LogP contribution in [0.3, 0.4) is 0 Å². The van der Waals surface area contributed by atoms with E-state index >= 15 is 0 Å². The van der Waals surface area contributed by atoms with Gasteiger partial charge in [-0.15, -0.1) is 6.42 Å². The zero-order valence-corrected chi connectivity index (χ0v) is 16.7. The number of hydrogen-bond donors (Lipinski definition) is 2. The molecule has 132 valence electrons. The first-order valence-electron chi connectivity index (χ1n) is 7.54. The van der Waals surface area contributed by atoms with Crippen molar-refractivity contribution < 1.29 is 45.2 Å². The number of phenols is 2. The Morgan fingerprint density at radius 1 is 0.840 bits per heavy atom. The van der Waals surface area contributed by atoms with Crippen LogP contribution in [0.5, 0.6) is 11.5 Å². The molecule has 0 heterocycles. The summed E-state index contributed by atoms with van der Waals surface area (Å²) in [6.45, 7) is 4.41. The Kier molecular flexibility index (Phi) is 11.7. The van der Waals surface area contributed by atoms with E-state index in [0.29, 0.717) is 5.92 Å². The molecule has 0 saturated carbocycles. The number of phenolic OH excluding ortho intramolecular Hbond substituents is 2. The van der Waals surface area contributed by atoms with Crippen LogP contribution in [0.2, 0.25) is 0 Å². The van der Waals surface area contributed by atoms with Crippen LogP contribution in [0.25, 0.3) is 0 Å². The maximum absolute atomic E-state index is 12.0. The second kappa shape index (κ2) is 12.6. The van der Waals surface area contributed by atoms with Gasteiger partial charge >= 0.3 is 0 Å². The van der Waals surface area contributed by atoms with Gasteiger partial charge in [-0.2, -0.15) is 11.6 Å². The molecule has 0 fully saturated rings. The molecule has 2 aromatic rings. The summed E-state index contributed by atoms with van der Waals surface area (Å²) in [5.74, 6) is 0.202. The van der Waals surface area contributed by atoms with Crippen molar-refractivity contribution in [3.8, 4) is 11.5 Å². The van der Waals surface area contributed by atoms with Crippen LogP contribution >= 0.6 is 0 Å². The van der Waals surface area contributed by atoms with Gasteiger partial charge in [-0.05, 0) is 48.5 Å². The van der Waals surface area contributed by atoms with Crippen LogP contribution in [0.15, 0.2) is 66.3 Å². The molecular weight excluding hydrogens is 401 g/mol. The van der Waals surface area contributed by atoms with Gasteiger partial charge in [0.25, 0.3) is 0 Å². The molecule has 0 atom stereocenters. The van der Waals surface area contributed by atoms with Crippen molar-refractivity contribution in [2.24, 2.45) is 5.92 Å². The standard InChI is InChI=1S/C8H11.2C6H5FO.Zr/c1-7(2)8-5-3-4-6-8;2*7-5-1-3-6(8)4-2-5;/h5-7H,3H2,1-2H3;2*1-4,8H;/q-1;;;. The molecule has 2 aromatic carbocycles. The maximum atomic E-state index is 12.0. The Bertz CT molecular complexity index is 578. The summed E-state index contributed by atoms with van der Waals surface area (Å²) in [6, 6.07) is 10.0. The minimum absolute atomic E-state index is 0. The number of hydrogen-bond acceptors (Lipinski definition) is 2. The second-order valence-corrected chi connectivity index (χ2v) is 5.36. The largest absolute Gasteiger partial charge is 0.508 e. The molecule has 0 aliphatic heterocycles. The van der Waals surface area contributed by atoms with Crippen molar-refractivity contribution in [3.63, 3.8) is 0 Å². The van der Waals surface area contributed by atoms with E-state index in [1.54, 1.807) is 0 Å². The van der Waals surface area contributed by atoms with Crippen LogP contribution in [0, 0.1) is 23.6 Å². The summed E-state index contributed by atoms with van der Waals surface area (Å²) < 4.78 is 24.0. The summed E-state index contributed by atoms with van der Waals surface area (Å²) in [4.78, 5) is 0. The molecule has 0 radical (unpaired) electrons. The predicted molar refractivity (Wildman–Crippen MR) is 91.5 cm³/mol. The molecule has 0 spiro atoms. The van der Waals surface area contributed by atoms with E-state index in [0.717, 1.165) is 6.42 Å². The zero-order valence-electron chi connectivity index (χ0n) is 14.2. The van der Waals surface area contributed by atoms with Gasteiger partial charge in [0.05, 0.1) is 0 Å². The van der Waals surface area contributed by atoms with Gasteiger partial charge in [-0.3, -0.25) is 6.08 Å². The Hall–Kier alpha value is -1.74. The van der Waals surface area contributed by atoms with Gasteiger partial charge in [0.15, 0.2) is 0 Å². The molecule has 0 aromatic heterocycles.